The fourth-order valence-electron chi connectivity index (χ4n) is 12.7. The van der Waals surface area contributed by atoms with E-state index in [0.717, 1.165) is 33.6 Å². The summed E-state index contributed by atoms with van der Waals surface area (Å²) in [5.74, 6) is 16.3. The standard InChI is InChI=1S/C68H80N2S2Si4/c1-61(2,3)41-33-47-49-37-43(63(7,8)9)39-65-59(49)69-55(47)51(35-41)57-45(25-29-73(13,14)15)46(26-30-74(16,17)18)58(71-57)52-36-42(62(4,5)6)34-48-50-38-44(64(10,11)12)40-66(60(50)70-56(48)52)67(65)53(27-31-75(19,20)21)54(68(65,66)72-67)28-32-76(22,23)24/h33-40H,1-24H3. The van der Waals surface area contributed by atoms with Crippen LogP contribution in [0.1, 0.15) is 116 Å². The highest BCUT2D eigenvalue weighted by molar-refractivity contribution is 8.06. The Hall–Kier alpha value is -4.36. The first-order valence-electron chi connectivity index (χ1n) is 27.8. The molecule has 1 aromatic heterocycles. The number of fused-ring (bicyclic) bond motifs is 2. The van der Waals surface area contributed by atoms with Crippen LogP contribution in [0.15, 0.2) is 80.8 Å². The Bertz CT molecular complexity index is 3510. The van der Waals surface area contributed by atoms with Gasteiger partial charge in [0.25, 0.3) is 0 Å². The molecule has 0 N–H and O–H groups in total. The summed E-state index contributed by atoms with van der Waals surface area (Å²) in [7, 11) is -7.62. The Morgan fingerprint density at radius 3 is 1.04 bits per heavy atom. The molecule has 15 rings (SSSR count). The lowest BCUT2D eigenvalue weighted by molar-refractivity contribution is 0.0501. The van der Waals surface area contributed by atoms with Crippen molar-refractivity contribution in [2.45, 2.75) is 182 Å². The van der Waals surface area contributed by atoms with Crippen LogP contribution in [0.25, 0.3) is 32.0 Å². The predicted octanol–water partition coefficient (Wildman–Crippen LogP) is 18.3. The average molecular weight is 1100 g/mol. The number of nitrogens with zero attached hydrogens (tertiary/aromatic N) is 2. The van der Waals surface area contributed by atoms with Crippen LogP contribution in [0.2, 0.25) is 78.6 Å². The van der Waals surface area contributed by atoms with Crippen LogP contribution in [-0.2, 0) is 10.8 Å². The van der Waals surface area contributed by atoms with Crippen LogP contribution in [0.4, 0.5) is 11.4 Å². The van der Waals surface area contributed by atoms with E-state index in [9.17, 15) is 0 Å². The van der Waals surface area contributed by atoms with Gasteiger partial charge in [0.2, 0.25) is 0 Å². The molecule has 2 aromatic carbocycles. The molecule has 8 heteroatoms. The quantitative estimate of drug-likeness (QED) is 0.163. The van der Waals surface area contributed by atoms with Gasteiger partial charge >= 0.3 is 0 Å². The van der Waals surface area contributed by atoms with E-state index in [1.165, 1.54) is 76.9 Å². The van der Waals surface area contributed by atoms with Crippen molar-refractivity contribution in [2.75, 3.05) is 0 Å². The minimum Gasteiger partial charge on any atom is -0.250 e. The molecule has 10 bridgehead atoms. The van der Waals surface area contributed by atoms with Crippen LogP contribution >= 0.6 is 23.1 Å². The van der Waals surface area contributed by atoms with E-state index in [0.29, 0.717) is 0 Å². The summed E-state index contributed by atoms with van der Waals surface area (Å²) in [5.41, 5.74) is 35.7. The maximum atomic E-state index is 6.30. The van der Waals surface area contributed by atoms with Crippen molar-refractivity contribution in [3.05, 3.63) is 104 Å². The lowest BCUT2D eigenvalue weighted by Gasteiger charge is -2.86. The van der Waals surface area contributed by atoms with Gasteiger partial charge in [-0.15, -0.1) is 45.3 Å². The molecule has 2 nitrogen and oxygen atoms in total. The minimum absolute atomic E-state index is 0.156. The first kappa shape index (κ1) is 53.6. The van der Waals surface area contributed by atoms with E-state index in [4.69, 9.17) is 9.98 Å². The number of aliphatic imine (C=N–C) groups is 2. The summed E-state index contributed by atoms with van der Waals surface area (Å²) in [4.78, 5) is 14.9. The Morgan fingerprint density at radius 2 is 0.737 bits per heavy atom. The summed E-state index contributed by atoms with van der Waals surface area (Å²) in [6, 6.07) is 9.99. The van der Waals surface area contributed by atoms with E-state index in [2.05, 4.69) is 268 Å². The molecule has 0 atom stereocenters. The van der Waals surface area contributed by atoms with Gasteiger partial charge in [-0.25, -0.2) is 0 Å². The zero-order chi connectivity index (χ0) is 55.7. The van der Waals surface area contributed by atoms with Crippen LogP contribution in [0.5, 0.6) is 0 Å². The van der Waals surface area contributed by atoms with E-state index in [1.807, 2.05) is 11.3 Å². The maximum Gasteiger partial charge on any atom is 0.129 e. The topological polar surface area (TPSA) is 24.7 Å². The Morgan fingerprint density at radius 1 is 0.421 bits per heavy atom. The third kappa shape index (κ3) is 7.32. The average Bonchev–Trinajstić information content (AvgIpc) is 4.07. The molecular weight excluding hydrogens is 1020 g/mol. The number of hydrogen-bond donors (Lipinski definition) is 0. The SMILES string of the molecule is CC(C)(C)C1=CC23C4=Nc5c(cc(C(C)(C)C)cc5-c5sc(c(C#C[Si](C)(C)C)c5C#C[Si](C)(C)C)-c5cc(C(C)(C)C)cc6c5N=C5C6=CC(C(C)(C)C)=CC56C25SC36C(C#C[Si](C)(C)C)=C5C#C[Si](C)(C)C)C4=C1. The van der Waals surface area contributed by atoms with Crippen LogP contribution < -0.4 is 0 Å². The smallest absolute Gasteiger partial charge is 0.129 e. The van der Waals surface area contributed by atoms with Gasteiger partial charge in [-0.3, -0.25) is 9.98 Å². The zero-order valence-corrected chi connectivity index (χ0v) is 56.0. The number of thiophene rings is 1. The number of benzene rings is 2. The van der Waals surface area contributed by atoms with Crippen molar-refractivity contribution in [1.29, 1.82) is 0 Å². The number of rotatable bonds is 0. The zero-order valence-electron chi connectivity index (χ0n) is 50.3. The minimum atomic E-state index is -1.92. The molecule has 390 valence electrons. The van der Waals surface area contributed by atoms with E-state index in [-0.39, 0.29) is 21.7 Å². The number of thioether (sulfide) groups is 1. The first-order chi connectivity index (χ1) is 34.6. The molecular formula is C68H80N2S2Si4. The van der Waals surface area contributed by atoms with Crippen molar-refractivity contribution < 1.29 is 0 Å². The van der Waals surface area contributed by atoms with Crippen molar-refractivity contribution in [3.8, 4) is 66.7 Å². The summed E-state index contributed by atoms with van der Waals surface area (Å²) in [5, 5.41) is 0. The third-order valence-corrected chi connectivity index (χ3v) is 23.5. The highest BCUT2D eigenvalue weighted by Crippen LogP contribution is 3.02. The molecule has 0 radical (unpaired) electrons. The third-order valence-electron chi connectivity index (χ3n) is 16.4. The molecule has 8 heterocycles. The second kappa shape index (κ2) is 15.7. The summed E-state index contributed by atoms with van der Waals surface area (Å²) in [6.07, 6.45) is 10.5. The fraction of sp³-hybridized carbons (Fsp3) is 0.471. The molecule has 12 aliphatic rings. The monoisotopic (exact) mass is 1100 g/mol. The first-order valence-corrected chi connectivity index (χ1v) is 43.5. The molecule has 76 heavy (non-hydrogen) atoms. The van der Waals surface area contributed by atoms with Crippen molar-refractivity contribution in [2.24, 2.45) is 31.6 Å². The largest absolute Gasteiger partial charge is 0.250 e. The van der Waals surface area contributed by atoms with E-state index < -0.39 is 52.6 Å². The molecule has 1 saturated carbocycles. The molecule has 2 saturated heterocycles. The summed E-state index contributed by atoms with van der Waals surface area (Å²) < 4.78 is -1.16. The Balaban J connectivity index is 1.42. The molecule has 4 spiro atoms. The van der Waals surface area contributed by atoms with E-state index >= 15 is 0 Å². The van der Waals surface area contributed by atoms with Crippen molar-refractivity contribution >= 4 is 89.3 Å². The van der Waals surface area contributed by atoms with Gasteiger partial charge < -0.3 is 0 Å². The van der Waals surface area contributed by atoms with Crippen molar-refractivity contribution in [3.63, 3.8) is 0 Å². The highest BCUT2D eigenvalue weighted by atomic mass is 32.2. The predicted molar refractivity (Wildman–Crippen MR) is 345 cm³/mol. The maximum absolute atomic E-state index is 6.30. The summed E-state index contributed by atoms with van der Waals surface area (Å²) >= 11 is 4.03. The van der Waals surface area contributed by atoms with E-state index in [1.54, 1.807) is 0 Å². The highest BCUT2D eigenvalue weighted by Gasteiger charge is 3.06. The second-order valence-corrected chi connectivity index (χ2v) is 52.9. The Kier molecular flexibility index (Phi) is 11.1. The molecule has 5 aliphatic carbocycles. The molecule has 7 aliphatic heterocycles. The van der Waals surface area contributed by atoms with Gasteiger partial charge in [-0.05, 0) is 80.4 Å². The summed E-state index contributed by atoms with van der Waals surface area (Å²) in [6.45, 7) is 57.1. The van der Waals surface area contributed by atoms with Gasteiger partial charge in [0, 0.05) is 44.5 Å². The number of allylic oxidation sites excluding steroid dienone is 8. The molecule has 0 unspecified atom stereocenters. The molecule has 0 amide bonds. The lowest BCUT2D eigenvalue weighted by Crippen LogP contribution is -2.94. The van der Waals surface area contributed by atoms with Gasteiger partial charge in [0.1, 0.15) is 32.3 Å². The van der Waals surface area contributed by atoms with Crippen LogP contribution in [-0.4, -0.2) is 53.2 Å². The molecule has 3 fully saturated rings. The van der Waals surface area contributed by atoms with Crippen LogP contribution in [0, 0.1) is 67.5 Å². The molecule has 3 aromatic rings. The van der Waals surface area contributed by atoms with Gasteiger partial charge in [0.15, 0.2) is 0 Å². The lowest BCUT2D eigenvalue weighted by atomic mass is 9.33. The second-order valence-electron chi connectivity index (χ2n) is 31.4. The Labute approximate surface area is 470 Å². The van der Waals surface area contributed by atoms with Crippen molar-refractivity contribution in [1.82, 2.24) is 0 Å². The number of hydrogen-bond acceptors (Lipinski definition) is 4. The fourth-order valence-corrected chi connectivity index (χ4v) is 18.5. The van der Waals surface area contributed by atoms with Gasteiger partial charge in [-0.2, -0.15) is 0 Å². The van der Waals surface area contributed by atoms with Gasteiger partial charge in [-0.1, -0.05) is 197 Å². The normalized spacial score (nSPS) is 25.3. The van der Waals surface area contributed by atoms with Crippen LogP contribution in [0.3, 0.4) is 0 Å². The van der Waals surface area contributed by atoms with Gasteiger partial charge in [0.05, 0.1) is 64.0 Å².